The van der Waals surface area contributed by atoms with Crippen LogP contribution in [0.25, 0.3) is 68.3 Å². The first-order valence-corrected chi connectivity index (χ1v) is 17.4. The summed E-state index contributed by atoms with van der Waals surface area (Å²) in [7, 11) is 3.20. The number of carbonyl (C=O) groups excluding carboxylic acids is 1. The zero-order chi connectivity index (χ0) is 38.9. The molecule has 0 bridgehead atoms. The number of hydrogen-bond donors (Lipinski definition) is 2. The van der Waals surface area contributed by atoms with Crippen molar-refractivity contribution in [1.29, 1.82) is 0 Å². The Hall–Kier alpha value is -7.79. The SMILES string of the molecule is COc1ccccc1-c1nc(-c2ccccc2O)nc(-c2ccccc2OC)n1.O=Cc1ccc(-c2nc(-c3ccccc3)nc(-c3ccccc3)n2)c(O)c1. The maximum Gasteiger partial charge on any atom is 0.167 e. The number of carbonyl (C=O) groups is 1. The Kier molecular flexibility index (Phi) is 11.0. The zero-order valence-electron chi connectivity index (χ0n) is 30.3. The van der Waals surface area contributed by atoms with E-state index < -0.39 is 0 Å². The van der Waals surface area contributed by atoms with Gasteiger partial charge in [0.25, 0.3) is 0 Å². The Balaban J connectivity index is 0.000000172. The lowest BCUT2D eigenvalue weighted by Gasteiger charge is -2.12. The molecule has 11 nitrogen and oxygen atoms in total. The van der Waals surface area contributed by atoms with Gasteiger partial charge in [0.15, 0.2) is 34.9 Å². The summed E-state index contributed by atoms with van der Waals surface area (Å²) < 4.78 is 11.0. The largest absolute Gasteiger partial charge is 0.507 e. The highest BCUT2D eigenvalue weighted by molar-refractivity contribution is 5.79. The van der Waals surface area contributed by atoms with Crippen LogP contribution < -0.4 is 9.47 Å². The summed E-state index contributed by atoms with van der Waals surface area (Å²) in [5, 5.41) is 20.7. The van der Waals surface area contributed by atoms with E-state index in [9.17, 15) is 15.0 Å². The lowest BCUT2D eigenvalue weighted by molar-refractivity contribution is 0.112. The zero-order valence-corrected chi connectivity index (χ0v) is 30.3. The quantitative estimate of drug-likeness (QED) is 0.136. The lowest BCUT2D eigenvalue weighted by atomic mass is 10.1. The van der Waals surface area contributed by atoms with Gasteiger partial charge in [-0.1, -0.05) is 103 Å². The first-order valence-electron chi connectivity index (χ1n) is 17.4. The van der Waals surface area contributed by atoms with E-state index in [0.29, 0.717) is 69.4 Å². The average Bonchev–Trinajstić information content (AvgIpc) is 3.27. The van der Waals surface area contributed by atoms with Crippen molar-refractivity contribution in [2.45, 2.75) is 0 Å². The van der Waals surface area contributed by atoms with Crippen LogP contribution in [0.1, 0.15) is 10.4 Å². The molecular formula is C45H34N6O5. The summed E-state index contributed by atoms with van der Waals surface area (Å²) in [6, 6.07) is 45.8. The summed E-state index contributed by atoms with van der Waals surface area (Å²) >= 11 is 0. The molecule has 2 aromatic heterocycles. The number of phenols is 2. The Labute approximate surface area is 322 Å². The molecule has 2 heterocycles. The first-order chi connectivity index (χ1) is 27.4. The highest BCUT2D eigenvalue weighted by atomic mass is 16.5. The van der Waals surface area contributed by atoms with Crippen LogP contribution in [0.5, 0.6) is 23.0 Å². The molecule has 8 aromatic rings. The maximum atomic E-state index is 10.9. The highest BCUT2D eigenvalue weighted by Gasteiger charge is 2.19. The predicted molar refractivity (Wildman–Crippen MR) is 214 cm³/mol. The van der Waals surface area contributed by atoms with Crippen LogP contribution >= 0.6 is 0 Å². The molecule has 11 heteroatoms. The van der Waals surface area contributed by atoms with Gasteiger partial charge in [0, 0.05) is 16.7 Å². The number of aldehydes is 1. The predicted octanol–water partition coefficient (Wildman–Crippen LogP) is 8.99. The van der Waals surface area contributed by atoms with Crippen molar-refractivity contribution >= 4 is 6.29 Å². The molecule has 0 amide bonds. The topological polar surface area (TPSA) is 153 Å². The third-order valence-electron chi connectivity index (χ3n) is 8.57. The Bertz CT molecular complexity index is 2500. The van der Waals surface area contributed by atoms with Gasteiger partial charge in [-0.2, -0.15) is 0 Å². The molecule has 0 saturated heterocycles. The van der Waals surface area contributed by atoms with Gasteiger partial charge in [0.1, 0.15) is 29.3 Å². The van der Waals surface area contributed by atoms with E-state index in [2.05, 4.69) is 29.9 Å². The van der Waals surface area contributed by atoms with E-state index in [4.69, 9.17) is 9.47 Å². The van der Waals surface area contributed by atoms with E-state index in [1.807, 2.05) is 115 Å². The molecule has 0 aliphatic carbocycles. The minimum atomic E-state index is -0.0520. The van der Waals surface area contributed by atoms with Crippen molar-refractivity contribution in [2.24, 2.45) is 0 Å². The number of ether oxygens (including phenoxy) is 2. The number of hydrogen-bond acceptors (Lipinski definition) is 11. The average molecular weight is 739 g/mol. The van der Waals surface area contributed by atoms with E-state index in [1.165, 1.54) is 6.07 Å². The van der Waals surface area contributed by atoms with E-state index in [0.717, 1.165) is 22.3 Å². The van der Waals surface area contributed by atoms with Gasteiger partial charge < -0.3 is 19.7 Å². The number of benzene rings is 6. The monoisotopic (exact) mass is 738 g/mol. The molecule has 8 rings (SSSR count). The summed E-state index contributed by atoms with van der Waals surface area (Å²) in [5.41, 5.74) is 4.50. The molecule has 2 N–H and O–H groups in total. The van der Waals surface area contributed by atoms with Gasteiger partial charge in [-0.05, 0) is 48.5 Å². The number of rotatable bonds is 9. The number of methoxy groups -OCH3 is 2. The number of phenolic OH excluding ortho intramolecular Hbond substituents is 2. The number of para-hydroxylation sites is 3. The standard InChI is InChI=1S/C23H19N3O3.C22H15N3O2/c1-28-19-13-7-4-10-16(19)22-24-21(15-9-3-6-12-18(15)27)25-23(26-22)17-11-5-8-14-20(17)29-2;26-14-15-11-12-18(19(27)13-15)22-24-20(16-7-3-1-4-8-16)23-21(25-22)17-9-5-2-6-10-17/h3-14,27H,1-2H3;1-14,27H. The molecule has 0 aliphatic rings. The van der Waals surface area contributed by atoms with E-state index in [-0.39, 0.29) is 11.5 Å². The van der Waals surface area contributed by atoms with Crippen LogP contribution in [0.2, 0.25) is 0 Å². The number of nitrogens with zero attached hydrogens (tertiary/aromatic N) is 6. The van der Waals surface area contributed by atoms with Crippen molar-refractivity contribution in [3.05, 3.63) is 157 Å². The minimum absolute atomic E-state index is 0.0520. The number of aromatic hydroxyl groups is 2. The molecule has 56 heavy (non-hydrogen) atoms. The summed E-state index contributed by atoms with van der Waals surface area (Å²) in [5.74, 6) is 3.95. The fraction of sp³-hybridized carbons (Fsp3) is 0.0444. The Morgan fingerprint density at radius 1 is 0.411 bits per heavy atom. The normalized spacial score (nSPS) is 10.5. The van der Waals surface area contributed by atoms with Crippen molar-refractivity contribution in [3.8, 4) is 91.3 Å². The van der Waals surface area contributed by atoms with Gasteiger partial charge in [-0.25, -0.2) is 29.9 Å². The molecule has 274 valence electrons. The van der Waals surface area contributed by atoms with Crippen molar-refractivity contribution in [2.75, 3.05) is 14.2 Å². The third-order valence-corrected chi connectivity index (χ3v) is 8.57. The maximum absolute atomic E-state index is 10.9. The van der Waals surface area contributed by atoms with Crippen LogP contribution in [-0.4, -0.2) is 60.6 Å². The van der Waals surface area contributed by atoms with Crippen LogP contribution in [0.3, 0.4) is 0 Å². The van der Waals surface area contributed by atoms with Crippen LogP contribution in [0.4, 0.5) is 0 Å². The Morgan fingerprint density at radius 3 is 1.23 bits per heavy atom. The van der Waals surface area contributed by atoms with Crippen molar-refractivity contribution in [3.63, 3.8) is 0 Å². The summed E-state index contributed by atoms with van der Waals surface area (Å²) in [6.45, 7) is 0. The van der Waals surface area contributed by atoms with Gasteiger partial charge in [-0.3, -0.25) is 4.79 Å². The first kappa shape index (κ1) is 36.6. The minimum Gasteiger partial charge on any atom is -0.507 e. The molecular weight excluding hydrogens is 705 g/mol. The number of aromatic nitrogens is 6. The fourth-order valence-electron chi connectivity index (χ4n) is 5.80. The molecule has 0 spiro atoms. The second kappa shape index (κ2) is 16.9. The molecule has 0 unspecified atom stereocenters. The van der Waals surface area contributed by atoms with Crippen LogP contribution in [0.15, 0.2) is 152 Å². The Morgan fingerprint density at radius 2 is 0.786 bits per heavy atom. The van der Waals surface area contributed by atoms with Crippen LogP contribution in [-0.2, 0) is 0 Å². The van der Waals surface area contributed by atoms with Gasteiger partial charge in [0.05, 0.1) is 36.5 Å². The van der Waals surface area contributed by atoms with E-state index >= 15 is 0 Å². The van der Waals surface area contributed by atoms with Crippen LogP contribution in [0, 0.1) is 0 Å². The molecule has 0 atom stereocenters. The van der Waals surface area contributed by atoms with Crippen molar-refractivity contribution in [1.82, 2.24) is 29.9 Å². The fourth-order valence-corrected chi connectivity index (χ4v) is 5.80. The molecule has 0 saturated carbocycles. The summed E-state index contributed by atoms with van der Waals surface area (Å²) in [6.07, 6.45) is 0.682. The van der Waals surface area contributed by atoms with E-state index in [1.54, 1.807) is 44.6 Å². The van der Waals surface area contributed by atoms with Gasteiger partial charge >= 0.3 is 0 Å². The van der Waals surface area contributed by atoms with Gasteiger partial charge in [-0.15, -0.1) is 0 Å². The molecule has 6 aromatic carbocycles. The second-order valence-corrected chi connectivity index (χ2v) is 12.2. The van der Waals surface area contributed by atoms with Crippen molar-refractivity contribution < 1.29 is 24.5 Å². The summed E-state index contributed by atoms with van der Waals surface area (Å²) in [4.78, 5) is 38.6. The highest BCUT2D eigenvalue weighted by Crippen LogP contribution is 2.35. The smallest absolute Gasteiger partial charge is 0.167 e. The second-order valence-electron chi connectivity index (χ2n) is 12.2. The third kappa shape index (κ3) is 8.07. The molecule has 0 radical (unpaired) electrons. The van der Waals surface area contributed by atoms with Gasteiger partial charge in [0.2, 0.25) is 0 Å². The molecule has 0 aliphatic heterocycles. The molecule has 0 fully saturated rings. The lowest BCUT2D eigenvalue weighted by Crippen LogP contribution is -2.02.